The lowest BCUT2D eigenvalue weighted by atomic mass is 9.90. The van der Waals surface area contributed by atoms with Crippen molar-refractivity contribution >= 4 is 5.97 Å². The number of unbranched alkanes of at least 4 members (excludes halogenated alkanes) is 2. The van der Waals surface area contributed by atoms with Gasteiger partial charge in [0, 0.05) is 0 Å². The first-order valence-electron chi connectivity index (χ1n) is 5.60. The van der Waals surface area contributed by atoms with Crippen LogP contribution in [0.4, 0.5) is 0 Å². The van der Waals surface area contributed by atoms with Crippen LogP contribution in [0.2, 0.25) is 0 Å². The van der Waals surface area contributed by atoms with E-state index in [0.717, 1.165) is 19.3 Å². The van der Waals surface area contributed by atoms with E-state index < -0.39 is 12.1 Å². The normalized spacial score (nSPS) is 20.9. The first-order chi connectivity index (χ1) is 7.56. The Labute approximate surface area is 94.9 Å². The van der Waals surface area contributed by atoms with E-state index in [-0.39, 0.29) is 11.3 Å². The SMILES string of the molecule is CCCCCC1=C(C(=O)O)C(O)=CC(O)C1. The minimum atomic E-state index is -1.12. The molecule has 1 rings (SSSR count). The zero-order chi connectivity index (χ0) is 12.1. The summed E-state index contributed by atoms with van der Waals surface area (Å²) in [5.74, 6) is -1.43. The van der Waals surface area contributed by atoms with Crippen molar-refractivity contribution in [3.05, 3.63) is 23.0 Å². The molecule has 1 atom stereocenters. The smallest absolute Gasteiger partial charge is 0.339 e. The monoisotopic (exact) mass is 226 g/mol. The molecule has 0 fully saturated rings. The molecule has 0 amide bonds. The molecule has 0 aliphatic heterocycles. The van der Waals surface area contributed by atoms with Crippen molar-refractivity contribution in [3.8, 4) is 0 Å². The summed E-state index contributed by atoms with van der Waals surface area (Å²) < 4.78 is 0. The van der Waals surface area contributed by atoms with Crippen LogP contribution in [0.3, 0.4) is 0 Å². The molecule has 3 N–H and O–H groups in total. The molecule has 0 bridgehead atoms. The summed E-state index contributed by atoms with van der Waals surface area (Å²) in [7, 11) is 0. The van der Waals surface area contributed by atoms with E-state index in [9.17, 15) is 15.0 Å². The Bertz CT molecular complexity index is 328. The van der Waals surface area contributed by atoms with E-state index in [0.29, 0.717) is 18.4 Å². The third kappa shape index (κ3) is 3.10. The van der Waals surface area contributed by atoms with Crippen LogP contribution in [0, 0.1) is 0 Å². The van der Waals surface area contributed by atoms with Crippen molar-refractivity contribution in [3.63, 3.8) is 0 Å². The highest BCUT2D eigenvalue weighted by Crippen LogP contribution is 2.28. The van der Waals surface area contributed by atoms with Gasteiger partial charge in [0.2, 0.25) is 0 Å². The van der Waals surface area contributed by atoms with Crippen molar-refractivity contribution in [2.75, 3.05) is 0 Å². The van der Waals surface area contributed by atoms with E-state index in [4.69, 9.17) is 5.11 Å². The summed E-state index contributed by atoms with van der Waals surface area (Å²) in [4.78, 5) is 11.0. The number of carbonyl (C=O) groups is 1. The van der Waals surface area contributed by atoms with Crippen molar-refractivity contribution in [1.29, 1.82) is 0 Å². The molecule has 16 heavy (non-hydrogen) atoms. The van der Waals surface area contributed by atoms with Gasteiger partial charge in [0.25, 0.3) is 0 Å². The number of aliphatic hydroxyl groups is 2. The zero-order valence-electron chi connectivity index (χ0n) is 9.44. The third-order valence-electron chi connectivity index (χ3n) is 2.71. The van der Waals surface area contributed by atoms with Gasteiger partial charge in [-0.15, -0.1) is 0 Å². The van der Waals surface area contributed by atoms with Crippen LogP contribution in [0.25, 0.3) is 0 Å². The molecule has 1 unspecified atom stereocenters. The molecule has 1 aliphatic carbocycles. The molecule has 0 aromatic carbocycles. The first-order valence-corrected chi connectivity index (χ1v) is 5.60. The van der Waals surface area contributed by atoms with E-state index in [1.54, 1.807) is 0 Å². The van der Waals surface area contributed by atoms with E-state index in [2.05, 4.69) is 6.92 Å². The Morgan fingerprint density at radius 3 is 2.75 bits per heavy atom. The summed E-state index contributed by atoms with van der Waals surface area (Å²) >= 11 is 0. The lowest BCUT2D eigenvalue weighted by Gasteiger charge is -2.19. The second-order valence-electron chi connectivity index (χ2n) is 4.06. The standard InChI is InChI=1S/C12H18O4/c1-2-3-4-5-8-6-9(13)7-10(14)11(8)12(15)16/h7,9,13-14H,2-6H2,1H3,(H,15,16). The predicted molar refractivity (Wildman–Crippen MR) is 60.1 cm³/mol. The summed E-state index contributed by atoms with van der Waals surface area (Å²) in [6, 6.07) is 0. The number of rotatable bonds is 5. The molecule has 0 aromatic rings. The van der Waals surface area contributed by atoms with Crippen molar-refractivity contribution in [2.24, 2.45) is 0 Å². The number of hydrogen-bond donors (Lipinski definition) is 3. The molecular weight excluding hydrogens is 208 g/mol. The lowest BCUT2D eigenvalue weighted by Crippen LogP contribution is -2.18. The Kier molecular flexibility index (Phi) is 4.55. The quantitative estimate of drug-likeness (QED) is 0.628. The summed E-state index contributed by atoms with van der Waals surface area (Å²) in [5, 5.41) is 27.9. The molecule has 0 spiro atoms. The number of aliphatic carboxylic acids is 1. The van der Waals surface area contributed by atoms with Gasteiger partial charge < -0.3 is 15.3 Å². The molecule has 0 heterocycles. The van der Waals surface area contributed by atoms with Crippen LogP contribution in [0.1, 0.15) is 39.0 Å². The van der Waals surface area contributed by atoms with Crippen molar-refractivity contribution in [1.82, 2.24) is 0 Å². The molecule has 4 nitrogen and oxygen atoms in total. The highest BCUT2D eigenvalue weighted by Gasteiger charge is 2.24. The first kappa shape index (κ1) is 12.8. The van der Waals surface area contributed by atoms with Crippen molar-refractivity contribution in [2.45, 2.75) is 45.1 Å². The van der Waals surface area contributed by atoms with Crippen LogP contribution < -0.4 is 0 Å². The summed E-state index contributed by atoms with van der Waals surface area (Å²) in [5.41, 5.74) is 0.620. The Morgan fingerprint density at radius 1 is 1.50 bits per heavy atom. The van der Waals surface area contributed by atoms with Gasteiger partial charge in [-0.3, -0.25) is 0 Å². The maximum absolute atomic E-state index is 11.0. The second-order valence-corrected chi connectivity index (χ2v) is 4.06. The van der Waals surface area contributed by atoms with E-state index >= 15 is 0 Å². The number of hydrogen-bond acceptors (Lipinski definition) is 3. The van der Waals surface area contributed by atoms with Crippen LogP contribution in [-0.4, -0.2) is 27.4 Å². The molecule has 90 valence electrons. The maximum atomic E-state index is 11.0. The zero-order valence-corrected chi connectivity index (χ0v) is 9.44. The van der Waals surface area contributed by atoms with Gasteiger partial charge in [0.05, 0.1) is 6.10 Å². The number of carboxylic acids is 1. The Morgan fingerprint density at radius 2 is 2.19 bits per heavy atom. The minimum absolute atomic E-state index is 0.0265. The van der Waals surface area contributed by atoms with Crippen LogP contribution >= 0.6 is 0 Å². The van der Waals surface area contributed by atoms with E-state index in [1.807, 2.05) is 0 Å². The average molecular weight is 226 g/mol. The van der Waals surface area contributed by atoms with Gasteiger partial charge in [-0.2, -0.15) is 0 Å². The minimum Gasteiger partial charge on any atom is -0.507 e. The molecule has 0 radical (unpaired) electrons. The molecule has 0 saturated heterocycles. The van der Waals surface area contributed by atoms with Gasteiger partial charge in [0.15, 0.2) is 0 Å². The van der Waals surface area contributed by atoms with Gasteiger partial charge in [-0.1, -0.05) is 19.8 Å². The predicted octanol–water partition coefficient (Wildman–Crippen LogP) is 2.15. The van der Waals surface area contributed by atoms with E-state index in [1.165, 1.54) is 6.08 Å². The fourth-order valence-corrected chi connectivity index (χ4v) is 1.94. The fourth-order valence-electron chi connectivity index (χ4n) is 1.94. The molecule has 1 aliphatic rings. The Balaban J connectivity index is 2.83. The summed E-state index contributed by atoms with van der Waals surface area (Å²) in [6.45, 7) is 2.07. The topological polar surface area (TPSA) is 77.8 Å². The van der Waals surface area contributed by atoms with Crippen LogP contribution in [0.15, 0.2) is 23.0 Å². The summed E-state index contributed by atoms with van der Waals surface area (Å²) in [6.07, 6.45) is 4.34. The van der Waals surface area contributed by atoms with Crippen LogP contribution in [-0.2, 0) is 4.79 Å². The third-order valence-corrected chi connectivity index (χ3v) is 2.71. The molecule has 0 saturated carbocycles. The van der Waals surface area contributed by atoms with Gasteiger partial charge in [-0.25, -0.2) is 4.79 Å². The van der Waals surface area contributed by atoms with Gasteiger partial charge in [-0.05, 0) is 30.9 Å². The lowest BCUT2D eigenvalue weighted by molar-refractivity contribution is -0.132. The van der Waals surface area contributed by atoms with Crippen LogP contribution in [0.5, 0.6) is 0 Å². The number of carboxylic acid groups (broad SMARTS) is 1. The van der Waals surface area contributed by atoms with Crippen molar-refractivity contribution < 1.29 is 20.1 Å². The molecular formula is C12H18O4. The average Bonchev–Trinajstić information content (AvgIpc) is 2.16. The maximum Gasteiger partial charge on any atom is 0.339 e. The van der Waals surface area contributed by atoms with Gasteiger partial charge in [0.1, 0.15) is 11.3 Å². The highest BCUT2D eigenvalue weighted by atomic mass is 16.4. The fraction of sp³-hybridized carbons (Fsp3) is 0.583. The molecule has 4 heteroatoms. The molecule has 0 aromatic heterocycles. The largest absolute Gasteiger partial charge is 0.507 e. The second kappa shape index (κ2) is 5.70. The number of aliphatic hydroxyl groups excluding tert-OH is 2. The van der Waals surface area contributed by atoms with Gasteiger partial charge >= 0.3 is 5.97 Å². The highest BCUT2D eigenvalue weighted by molar-refractivity contribution is 5.92. The Hall–Kier alpha value is -1.29.